The lowest BCUT2D eigenvalue weighted by Crippen LogP contribution is -2.50. The molecule has 1 saturated heterocycles. The quantitative estimate of drug-likeness (QED) is 0.520. The van der Waals surface area contributed by atoms with Crippen LogP contribution in [0, 0.1) is 0 Å². The second kappa shape index (κ2) is 9.85. The van der Waals surface area contributed by atoms with Gasteiger partial charge in [-0.25, -0.2) is 0 Å². The number of benzene rings is 2. The van der Waals surface area contributed by atoms with E-state index in [1.165, 1.54) is 11.8 Å². The molecular weight excluding hydrogens is 430 g/mol. The van der Waals surface area contributed by atoms with Gasteiger partial charge in [0.15, 0.2) is 11.0 Å². The minimum atomic E-state index is -0.257. The molecule has 3 aromatic rings. The van der Waals surface area contributed by atoms with Crippen LogP contribution in [0.1, 0.15) is 13.8 Å². The molecule has 4 rings (SSSR count). The van der Waals surface area contributed by atoms with Crippen LogP contribution in [-0.2, 0) is 4.79 Å². The molecule has 8 heteroatoms. The SMILES string of the molecule is CCN1CCN(C(=O)C(C)Sc2nnc(-c3ccccc3)n2-c2ccc(Cl)cc2)CC1. The number of piperazine rings is 1. The van der Waals surface area contributed by atoms with Gasteiger partial charge in [-0.2, -0.15) is 0 Å². The van der Waals surface area contributed by atoms with Crippen molar-refractivity contribution in [2.24, 2.45) is 0 Å². The van der Waals surface area contributed by atoms with Crippen LogP contribution < -0.4 is 0 Å². The number of carbonyl (C=O) groups excluding carboxylic acids is 1. The maximum atomic E-state index is 13.1. The van der Waals surface area contributed by atoms with E-state index in [1.807, 2.05) is 71.0 Å². The van der Waals surface area contributed by atoms with E-state index in [0.717, 1.165) is 49.8 Å². The molecule has 1 aromatic heterocycles. The van der Waals surface area contributed by atoms with Crippen LogP contribution >= 0.6 is 23.4 Å². The molecule has 1 unspecified atom stereocenters. The molecule has 0 aliphatic carbocycles. The van der Waals surface area contributed by atoms with Gasteiger partial charge in [-0.3, -0.25) is 9.36 Å². The highest BCUT2D eigenvalue weighted by Gasteiger charge is 2.27. The van der Waals surface area contributed by atoms with Crippen LogP contribution in [-0.4, -0.2) is 68.4 Å². The molecule has 1 fully saturated rings. The molecular formula is C23H26ClN5OS. The zero-order valence-corrected chi connectivity index (χ0v) is 19.3. The Bertz CT molecular complexity index is 1020. The molecule has 0 N–H and O–H groups in total. The van der Waals surface area contributed by atoms with Crippen LogP contribution in [0.3, 0.4) is 0 Å². The molecule has 2 aromatic carbocycles. The normalized spacial score (nSPS) is 15.8. The lowest BCUT2D eigenvalue weighted by atomic mass is 10.2. The molecule has 1 aliphatic rings. The number of nitrogens with zero attached hydrogens (tertiary/aromatic N) is 5. The lowest BCUT2D eigenvalue weighted by molar-refractivity contribution is -0.132. The minimum absolute atomic E-state index is 0.146. The van der Waals surface area contributed by atoms with E-state index < -0.39 is 0 Å². The minimum Gasteiger partial charge on any atom is -0.339 e. The van der Waals surface area contributed by atoms with Gasteiger partial charge in [-0.15, -0.1) is 10.2 Å². The largest absolute Gasteiger partial charge is 0.339 e. The summed E-state index contributed by atoms with van der Waals surface area (Å²) in [5, 5.41) is 10.0. The predicted molar refractivity (Wildman–Crippen MR) is 126 cm³/mol. The summed E-state index contributed by atoms with van der Waals surface area (Å²) in [4.78, 5) is 17.4. The van der Waals surface area contributed by atoms with Crippen LogP contribution in [0.4, 0.5) is 0 Å². The number of amides is 1. The average molecular weight is 456 g/mol. The summed E-state index contributed by atoms with van der Waals surface area (Å²) in [6.07, 6.45) is 0. The van der Waals surface area contributed by atoms with Crippen molar-refractivity contribution in [1.82, 2.24) is 24.6 Å². The predicted octanol–water partition coefficient (Wildman–Crippen LogP) is 4.23. The molecule has 0 spiro atoms. The Morgan fingerprint density at radius 3 is 2.35 bits per heavy atom. The first kappa shape index (κ1) is 21.9. The summed E-state index contributed by atoms with van der Waals surface area (Å²) < 4.78 is 2.00. The van der Waals surface area contributed by atoms with Gasteiger partial charge in [-0.05, 0) is 37.7 Å². The third-order valence-corrected chi connectivity index (χ3v) is 6.79. The first-order valence-corrected chi connectivity index (χ1v) is 11.8. The third-order valence-electron chi connectivity index (χ3n) is 5.51. The van der Waals surface area contributed by atoms with Crippen LogP contribution in [0.5, 0.6) is 0 Å². The maximum Gasteiger partial charge on any atom is 0.235 e. The van der Waals surface area contributed by atoms with E-state index >= 15 is 0 Å². The summed E-state index contributed by atoms with van der Waals surface area (Å²) in [7, 11) is 0. The fourth-order valence-corrected chi connectivity index (χ4v) is 4.77. The third kappa shape index (κ3) is 4.95. The van der Waals surface area contributed by atoms with Crippen molar-refractivity contribution in [2.75, 3.05) is 32.7 Å². The van der Waals surface area contributed by atoms with Crippen LogP contribution in [0.15, 0.2) is 59.8 Å². The monoisotopic (exact) mass is 455 g/mol. The summed E-state index contributed by atoms with van der Waals surface area (Å²) in [6, 6.07) is 17.5. The van der Waals surface area contributed by atoms with Gasteiger partial charge in [0.1, 0.15) is 0 Å². The van der Waals surface area contributed by atoms with E-state index in [9.17, 15) is 4.79 Å². The number of halogens is 1. The van der Waals surface area contributed by atoms with Crippen LogP contribution in [0.2, 0.25) is 5.02 Å². The molecule has 162 valence electrons. The van der Waals surface area contributed by atoms with Crippen molar-refractivity contribution >= 4 is 29.3 Å². The highest BCUT2D eigenvalue weighted by molar-refractivity contribution is 8.00. The fourth-order valence-electron chi connectivity index (χ4n) is 3.69. The average Bonchev–Trinajstić information content (AvgIpc) is 3.23. The Morgan fingerprint density at radius 1 is 1.03 bits per heavy atom. The molecule has 0 bridgehead atoms. The number of thioether (sulfide) groups is 1. The van der Waals surface area contributed by atoms with Crippen molar-refractivity contribution in [3.05, 3.63) is 59.6 Å². The molecule has 0 radical (unpaired) electrons. The molecule has 0 saturated carbocycles. The number of rotatable bonds is 6. The van der Waals surface area contributed by atoms with E-state index in [1.54, 1.807) is 0 Å². The van der Waals surface area contributed by atoms with Gasteiger partial charge in [-0.1, -0.05) is 60.6 Å². The van der Waals surface area contributed by atoms with Gasteiger partial charge in [0.25, 0.3) is 0 Å². The zero-order valence-electron chi connectivity index (χ0n) is 17.7. The highest BCUT2D eigenvalue weighted by atomic mass is 35.5. The Kier molecular flexibility index (Phi) is 6.95. The molecule has 31 heavy (non-hydrogen) atoms. The van der Waals surface area contributed by atoms with Gasteiger partial charge in [0, 0.05) is 42.5 Å². The molecule has 2 heterocycles. The van der Waals surface area contributed by atoms with Crippen molar-refractivity contribution in [3.63, 3.8) is 0 Å². The summed E-state index contributed by atoms with van der Waals surface area (Å²) >= 11 is 7.55. The van der Waals surface area contributed by atoms with Gasteiger partial charge in [0.05, 0.1) is 5.25 Å². The van der Waals surface area contributed by atoms with Crippen molar-refractivity contribution in [2.45, 2.75) is 24.3 Å². The number of likely N-dealkylation sites (N-methyl/N-ethyl adjacent to an activating group) is 1. The second-order valence-electron chi connectivity index (χ2n) is 7.50. The Hall–Kier alpha value is -2.35. The second-order valence-corrected chi connectivity index (χ2v) is 9.25. The fraction of sp³-hybridized carbons (Fsp3) is 0.348. The smallest absolute Gasteiger partial charge is 0.235 e. The maximum absolute atomic E-state index is 13.1. The van der Waals surface area contributed by atoms with Crippen LogP contribution in [0.25, 0.3) is 17.1 Å². The van der Waals surface area contributed by atoms with Gasteiger partial charge < -0.3 is 9.80 Å². The van der Waals surface area contributed by atoms with E-state index in [-0.39, 0.29) is 11.2 Å². The molecule has 1 aliphatic heterocycles. The van der Waals surface area contributed by atoms with E-state index in [0.29, 0.717) is 10.2 Å². The lowest BCUT2D eigenvalue weighted by Gasteiger charge is -2.35. The number of aromatic nitrogens is 3. The Balaban J connectivity index is 1.60. The molecule has 1 atom stereocenters. The zero-order chi connectivity index (χ0) is 21.8. The van der Waals surface area contributed by atoms with Crippen molar-refractivity contribution < 1.29 is 4.79 Å². The summed E-state index contributed by atoms with van der Waals surface area (Å²) in [6.45, 7) is 8.54. The summed E-state index contributed by atoms with van der Waals surface area (Å²) in [5.74, 6) is 0.884. The van der Waals surface area contributed by atoms with Crippen molar-refractivity contribution in [3.8, 4) is 17.1 Å². The first-order valence-electron chi connectivity index (χ1n) is 10.5. The van der Waals surface area contributed by atoms with Crippen molar-refractivity contribution in [1.29, 1.82) is 0 Å². The molecule has 1 amide bonds. The number of hydrogen-bond donors (Lipinski definition) is 0. The number of carbonyl (C=O) groups is 1. The van der Waals surface area contributed by atoms with Gasteiger partial charge in [0.2, 0.25) is 5.91 Å². The molecule has 6 nitrogen and oxygen atoms in total. The van der Waals surface area contributed by atoms with E-state index in [2.05, 4.69) is 22.0 Å². The highest BCUT2D eigenvalue weighted by Crippen LogP contribution is 2.31. The van der Waals surface area contributed by atoms with Gasteiger partial charge >= 0.3 is 0 Å². The standard InChI is InChI=1S/C23H26ClN5OS/c1-3-27-13-15-28(16-14-27)22(30)17(2)31-23-26-25-21(18-7-5-4-6-8-18)29(23)20-11-9-19(24)10-12-20/h4-12,17H,3,13-16H2,1-2H3. The first-order chi connectivity index (χ1) is 15.1. The topological polar surface area (TPSA) is 54.3 Å². The van der Waals surface area contributed by atoms with E-state index in [4.69, 9.17) is 11.6 Å². The Labute approximate surface area is 192 Å². The number of hydrogen-bond acceptors (Lipinski definition) is 5. The summed E-state index contributed by atoms with van der Waals surface area (Å²) in [5.41, 5.74) is 1.87. The Morgan fingerprint density at radius 2 is 1.71 bits per heavy atom.